The van der Waals surface area contributed by atoms with Gasteiger partial charge in [0.2, 0.25) is 0 Å². The standard InChI is InChI=1S/C37H41ClN2O3S/c1-25(22-26-10-9-13-29(38)23-26)14-21-34(41)35-37(5,28-11-7-6-8-12-28)32-24-30(17-20-33(32)39-35)40-44(42,43)31-18-15-27(16-19-31)36(2,3)4/h6-13,15-20,23-25,35,39-40H,14,21-22H2,1-5H3. The number of sulfonamides is 1. The molecular formula is C37H41ClN2O3S. The van der Waals surface area contributed by atoms with Crippen molar-refractivity contribution in [3.8, 4) is 0 Å². The summed E-state index contributed by atoms with van der Waals surface area (Å²) in [4.78, 5) is 14.1. The van der Waals surface area contributed by atoms with E-state index < -0.39 is 21.5 Å². The average molecular weight is 629 g/mol. The van der Waals surface area contributed by atoms with Gasteiger partial charge in [-0.15, -0.1) is 0 Å². The van der Waals surface area contributed by atoms with Crippen molar-refractivity contribution in [2.75, 3.05) is 10.0 Å². The van der Waals surface area contributed by atoms with E-state index in [1.165, 1.54) is 0 Å². The average Bonchev–Trinajstić information content (AvgIpc) is 3.28. The fraction of sp³-hybridized carbons (Fsp3) is 0.324. The molecule has 0 saturated heterocycles. The van der Waals surface area contributed by atoms with Crippen LogP contribution in [-0.4, -0.2) is 20.2 Å². The largest absolute Gasteiger partial charge is 0.374 e. The lowest BCUT2D eigenvalue weighted by Crippen LogP contribution is -2.43. The van der Waals surface area contributed by atoms with Gasteiger partial charge in [0.15, 0.2) is 5.78 Å². The summed E-state index contributed by atoms with van der Waals surface area (Å²) in [6.45, 7) is 10.5. The van der Waals surface area contributed by atoms with Gasteiger partial charge in [0.05, 0.1) is 10.9 Å². The predicted octanol–water partition coefficient (Wildman–Crippen LogP) is 8.77. The number of rotatable bonds is 10. The molecule has 1 heterocycles. The highest BCUT2D eigenvalue weighted by Crippen LogP contribution is 2.47. The first-order valence-corrected chi connectivity index (χ1v) is 17.0. The van der Waals surface area contributed by atoms with Crippen molar-refractivity contribution in [1.82, 2.24) is 0 Å². The van der Waals surface area contributed by atoms with Gasteiger partial charge in [0.25, 0.3) is 10.0 Å². The summed E-state index contributed by atoms with van der Waals surface area (Å²) >= 11 is 6.17. The number of nitrogens with one attached hydrogen (secondary N) is 2. The third-order valence-electron chi connectivity index (χ3n) is 8.79. The SMILES string of the molecule is CC(CCC(=O)C1Nc2ccc(NS(=O)(=O)c3ccc(C(C)(C)C)cc3)cc2C1(C)c1ccccc1)Cc1cccc(Cl)c1. The first kappa shape index (κ1) is 31.8. The highest BCUT2D eigenvalue weighted by Gasteiger charge is 2.48. The maximum Gasteiger partial charge on any atom is 0.261 e. The van der Waals surface area contributed by atoms with Gasteiger partial charge in [-0.1, -0.05) is 93.9 Å². The van der Waals surface area contributed by atoms with Crippen LogP contribution < -0.4 is 10.0 Å². The number of anilines is 2. The molecule has 4 aromatic carbocycles. The molecule has 0 aromatic heterocycles. The third-order valence-corrected chi connectivity index (χ3v) is 10.4. The second-order valence-corrected chi connectivity index (χ2v) is 15.3. The Morgan fingerprint density at radius 2 is 1.66 bits per heavy atom. The molecule has 1 aliphatic heterocycles. The molecule has 0 bridgehead atoms. The van der Waals surface area contributed by atoms with Gasteiger partial charge in [0, 0.05) is 28.2 Å². The second-order valence-electron chi connectivity index (χ2n) is 13.2. The Bertz CT molecular complexity index is 1750. The van der Waals surface area contributed by atoms with Crippen LogP contribution in [0.2, 0.25) is 5.02 Å². The number of hydrogen-bond donors (Lipinski definition) is 2. The summed E-state index contributed by atoms with van der Waals surface area (Å²) in [5, 5.41) is 4.22. The highest BCUT2D eigenvalue weighted by molar-refractivity contribution is 7.92. The monoisotopic (exact) mass is 628 g/mol. The lowest BCUT2D eigenvalue weighted by atomic mass is 9.71. The van der Waals surface area contributed by atoms with Crippen LogP contribution in [-0.2, 0) is 32.1 Å². The number of fused-ring (bicyclic) bond motifs is 1. The number of carbonyl (C=O) groups is 1. The smallest absolute Gasteiger partial charge is 0.261 e. The van der Waals surface area contributed by atoms with Crippen LogP contribution >= 0.6 is 11.6 Å². The molecule has 0 aliphatic carbocycles. The number of benzene rings is 4. The molecular weight excluding hydrogens is 588 g/mol. The van der Waals surface area contributed by atoms with Crippen molar-refractivity contribution in [3.05, 3.63) is 124 Å². The number of Topliss-reactive ketones (excluding diaryl/α,β-unsaturated/α-hetero) is 1. The van der Waals surface area contributed by atoms with E-state index in [-0.39, 0.29) is 16.1 Å². The summed E-state index contributed by atoms with van der Waals surface area (Å²) < 4.78 is 29.5. The number of halogens is 1. The molecule has 44 heavy (non-hydrogen) atoms. The summed E-state index contributed by atoms with van der Waals surface area (Å²) in [5.74, 6) is 0.439. The Balaban J connectivity index is 1.38. The minimum absolute atomic E-state index is 0.0766. The molecule has 5 rings (SSSR count). The fourth-order valence-electron chi connectivity index (χ4n) is 6.18. The van der Waals surface area contributed by atoms with E-state index in [9.17, 15) is 13.2 Å². The quantitative estimate of drug-likeness (QED) is 0.184. The molecule has 0 spiro atoms. The molecule has 0 saturated carbocycles. The molecule has 0 radical (unpaired) electrons. The van der Waals surface area contributed by atoms with Gasteiger partial charge in [-0.3, -0.25) is 9.52 Å². The number of hydrogen-bond acceptors (Lipinski definition) is 4. The van der Waals surface area contributed by atoms with Gasteiger partial charge in [-0.05, 0) is 95.8 Å². The molecule has 0 amide bonds. The Morgan fingerprint density at radius 1 is 0.955 bits per heavy atom. The van der Waals surface area contributed by atoms with Crippen LogP contribution in [0.3, 0.4) is 0 Å². The maximum absolute atomic E-state index is 13.9. The van der Waals surface area contributed by atoms with Crippen LogP contribution in [0.25, 0.3) is 0 Å². The molecule has 3 unspecified atom stereocenters. The minimum atomic E-state index is -3.82. The zero-order valence-electron chi connectivity index (χ0n) is 26.0. The Morgan fingerprint density at radius 3 is 2.32 bits per heavy atom. The van der Waals surface area contributed by atoms with Crippen molar-refractivity contribution in [2.24, 2.45) is 5.92 Å². The van der Waals surface area contributed by atoms with E-state index in [0.29, 0.717) is 18.0 Å². The van der Waals surface area contributed by atoms with E-state index in [2.05, 4.69) is 50.7 Å². The third kappa shape index (κ3) is 6.72. The van der Waals surface area contributed by atoms with Crippen LogP contribution in [0.4, 0.5) is 11.4 Å². The van der Waals surface area contributed by atoms with Crippen molar-refractivity contribution in [1.29, 1.82) is 0 Å². The Hall–Kier alpha value is -3.61. The van der Waals surface area contributed by atoms with Gasteiger partial charge < -0.3 is 5.32 Å². The zero-order chi connectivity index (χ0) is 31.7. The van der Waals surface area contributed by atoms with E-state index in [4.69, 9.17) is 11.6 Å². The van der Waals surface area contributed by atoms with Crippen molar-refractivity contribution < 1.29 is 13.2 Å². The second kappa shape index (κ2) is 12.4. The van der Waals surface area contributed by atoms with E-state index in [1.54, 1.807) is 18.2 Å². The van der Waals surface area contributed by atoms with E-state index in [0.717, 1.165) is 45.8 Å². The minimum Gasteiger partial charge on any atom is -0.374 e. The van der Waals surface area contributed by atoms with Crippen LogP contribution in [0.1, 0.15) is 69.7 Å². The lowest BCUT2D eigenvalue weighted by molar-refractivity contribution is -0.120. The highest BCUT2D eigenvalue weighted by atomic mass is 35.5. The Kier molecular flexibility index (Phi) is 8.97. The van der Waals surface area contributed by atoms with E-state index >= 15 is 0 Å². The van der Waals surface area contributed by atoms with E-state index in [1.807, 2.05) is 72.8 Å². The van der Waals surface area contributed by atoms with Gasteiger partial charge >= 0.3 is 0 Å². The molecule has 5 nitrogen and oxygen atoms in total. The summed E-state index contributed by atoms with van der Waals surface area (Å²) in [6.07, 6.45) is 2.04. The zero-order valence-corrected chi connectivity index (χ0v) is 27.6. The molecule has 1 aliphatic rings. The molecule has 7 heteroatoms. The van der Waals surface area contributed by atoms with Gasteiger partial charge in [-0.25, -0.2) is 8.42 Å². The van der Waals surface area contributed by atoms with Gasteiger partial charge in [0.1, 0.15) is 0 Å². The lowest BCUT2D eigenvalue weighted by Gasteiger charge is -2.32. The van der Waals surface area contributed by atoms with Gasteiger partial charge in [-0.2, -0.15) is 0 Å². The molecule has 0 fully saturated rings. The van der Waals surface area contributed by atoms with Crippen molar-refractivity contribution in [3.63, 3.8) is 0 Å². The molecule has 2 N–H and O–H groups in total. The summed E-state index contributed by atoms with van der Waals surface area (Å²) in [5.41, 5.74) is 4.62. The van der Waals surface area contributed by atoms with Crippen LogP contribution in [0, 0.1) is 5.92 Å². The van der Waals surface area contributed by atoms with Crippen molar-refractivity contribution >= 4 is 38.8 Å². The van der Waals surface area contributed by atoms with Crippen LogP contribution in [0.15, 0.2) is 102 Å². The van der Waals surface area contributed by atoms with Crippen molar-refractivity contribution in [2.45, 2.75) is 75.6 Å². The topological polar surface area (TPSA) is 75.3 Å². The molecule has 3 atom stereocenters. The fourth-order valence-corrected chi connectivity index (χ4v) is 7.44. The molecule has 230 valence electrons. The predicted molar refractivity (Wildman–Crippen MR) is 181 cm³/mol. The molecule has 4 aromatic rings. The number of ketones is 1. The Labute approximate surface area is 267 Å². The first-order valence-electron chi connectivity index (χ1n) is 15.1. The summed E-state index contributed by atoms with van der Waals surface area (Å²) in [7, 11) is -3.82. The maximum atomic E-state index is 13.9. The summed E-state index contributed by atoms with van der Waals surface area (Å²) in [6, 6.07) is 29.9. The first-order chi connectivity index (χ1) is 20.8. The normalized spacial score (nSPS) is 18.7. The van der Waals surface area contributed by atoms with Crippen LogP contribution in [0.5, 0.6) is 0 Å². The number of carbonyl (C=O) groups excluding carboxylic acids is 1.